The van der Waals surface area contributed by atoms with Gasteiger partial charge in [0.2, 0.25) is 0 Å². The highest BCUT2D eigenvalue weighted by atomic mass is 16.5. The summed E-state index contributed by atoms with van der Waals surface area (Å²) in [5.41, 5.74) is 0. The van der Waals surface area contributed by atoms with Gasteiger partial charge in [-0.2, -0.15) is 0 Å². The largest absolute Gasteiger partial charge is 0.466 e. The minimum absolute atomic E-state index is 0.0729. The summed E-state index contributed by atoms with van der Waals surface area (Å²) in [5, 5.41) is 0. The predicted molar refractivity (Wildman–Crippen MR) is 48.3 cm³/mol. The molecule has 0 aromatic carbocycles. The first kappa shape index (κ1) is 10.5. The topological polar surface area (TPSA) is 56.5 Å². The van der Waals surface area contributed by atoms with Crippen LogP contribution in [-0.2, 0) is 20.9 Å². The Hall–Kier alpha value is -1.58. The molecular formula is C10H12O4. The fraction of sp³-hybridized carbons (Fsp3) is 0.400. The summed E-state index contributed by atoms with van der Waals surface area (Å²) >= 11 is 0. The zero-order valence-corrected chi connectivity index (χ0v) is 8.15. The van der Waals surface area contributed by atoms with Crippen LogP contribution in [0.4, 0.5) is 0 Å². The van der Waals surface area contributed by atoms with Crippen molar-refractivity contribution in [3.05, 3.63) is 24.2 Å². The van der Waals surface area contributed by atoms with E-state index in [2.05, 4.69) is 0 Å². The predicted octanol–water partition coefficient (Wildman–Crippen LogP) is 1.55. The van der Waals surface area contributed by atoms with Crippen LogP contribution in [0.1, 0.15) is 19.6 Å². The molecule has 1 heterocycles. The number of esters is 1. The van der Waals surface area contributed by atoms with Gasteiger partial charge in [0, 0.05) is 0 Å². The third-order valence-corrected chi connectivity index (χ3v) is 1.90. The van der Waals surface area contributed by atoms with E-state index in [4.69, 9.17) is 9.15 Å². The van der Waals surface area contributed by atoms with Gasteiger partial charge >= 0.3 is 5.97 Å². The number of rotatable bonds is 4. The molecule has 0 aliphatic heterocycles. The molecule has 1 atom stereocenters. The summed E-state index contributed by atoms with van der Waals surface area (Å²) in [6.07, 6.45) is 1.50. The fourth-order valence-corrected chi connectivity index (χ4v) is 0.828. The Bertz CT molecular complexity index is 313. The van der Waals surface area contributed by atoms with Crippen molar-refractivity contribution in [1.82, 2.24) is 0 Å². The third-order valence-electron chi connectivity index (χ3n) is 1.90. The molecule has 0 bridgehead atoms. The number of carbonyl (C=O) groups is 2. The molecule has 0 spiro atoms. The van der Waals surface area contributed by atoms with Gasteiger partial charge in [-0.25, -0.2) is 0 Å². The smallest absolute Gasteiger partial charge is 0.316 e. The average Bonchev–Trinajstić information content (AvgIpc) is 2.65. The number of ketones is 1. The van der Waals surface area contributed by atoms with Crippen molar-refractivity contribution >= 4 is 11.8 Å². The van der Waals surface area contributed by atoms with Crippen LogP contribution in [0, 0.1) is 5.92 Å². The molecule has 0 amide bonds. The lowest BCUT2D eigenvalue weighted by Gasteiger charge is -2.06. The van der Waals surface area contributed by atoms with Gasteiger partial charge in [0.15, 0.2) is 0 Å². The van der Waals surface area contributed by atoms with Crippen molar-refractivity contribution < 1.29 is 18.7 Å². The van der Waals surface area contributed by atoms with Crippen molar-refractivity contribution in [3.63, 3.8) is 0 Å². The van der Waals surface area contributed by atoms with Gasteiger partial charge in [-0.1, -0.05) is 0 Å². The van der Waals surface area contributed by atoms with Crippen molar-refractivity contribution in [2.24, 2.45) is 5.92 Å². The van der Waals surface area contributed by atoms with Crippen LogP contribution in [0.15, 0.2) is 22.8 Å². The molecule has 1 aromatic heterocycles. The Morgan fingerprint density at radius 3 is 2.79 bits per heavy atom. The van der Waals surface area contributed by atoms with E-state index in [0.717, 1.165) is 0 Å². The maximum atomic E-state index is 11.2. The minimum atomic E-state index is -0.704. The molecular weight excluding hydrogens is 184 g/mol. The Balaban J connectivity index is 2.39. The van der Waals surface area contributed by atoms with Gasteiger partial charge in [-0.15, -0.1) is 0 Å². The van der Waals surface area contributed by atoms with Gasteiger partial charge < -0.3 is 9.15 Å². The maximum Gasteiger partial charge on any atom is 0.316 e. The second-order valence-corrected chi connectivity index (χ2v) is 3.02. The van der Waals surface area contributed by atoms with E-state index >= 15 is 0 Å². The Labute approximate surface area is 81.9 Å². The fourth-order valence-electron chi connectivity index (χ4n) is 0.828. The van der Waals surface area contributed by atoms with Crippen molar-refractivity contribution in [2.75, 3.05) is 0 Å². The highest BCUT2D eigenvalue weighted by Gasteiger charge is 2.19. The lowest BCUT2D eigenvalue weighted by atomic mass is 10.1. The van der Waals surface area contributed by atoms with Gasteiger partial charge in [-0.05, 0) is 26.0 Å². The summed E-state index contributed by atoms with van der Waals surface area (Å²) in [5.74, 6) is -0.859. The Kier molecular flexibility index (Phi) is 3.45. The van der Waals surface area contributed by atoms with Crippen molar-refractivity contribution in [3.8, 4) is 0 Å². The molecule has 1 unspecified atom stereocenters. The van der Waals surface area contributed by atoms with E-state index in [1.165, 1.54) is 20.1 Å². The second-order valence-electron chi connectivity index (χ2n) is 3.02. The van der Waals surface area contributed by atoms with Crippen molar-refractivity contribution in [1.29, 1.82) is 0 Å². The van der Waals surface area contributed by atoms with E-state index < -0.39 is 11.9 Å². The SMILES string of the molecule is CC(=O)C(C)C(=O)OCc1ccco1. The third kappa shape index (κ3) is 2.73. The molecule has 1 rings (SSSR count). The zero-order chi connectivity index (χ0) is 10.6. The first-order valence-corrected chi connectivity index (χ1v) is 4.30. The molecule has 0 fully saturated rings. The van der Waals surface area contributed by atoms with E-state index in [1.807, 2.05) is 0 Å². The quantitative estimate of drug-likeness (QED) is 0.541. The van der Waals surface area contributed by atoms with Crippen LogP contribution in [0.3, 0.4) is 0 Å². The average molecular weight is 196 g/mol. The van der Waals surface area contributed by atoms with Gasteiger partial charge in [0.1, 0.15) is 24.1 Å². The van der Waals surface area contributed by atoms with Gasteiger partial charge in [-0.3, -0.25) is 9.59 Å². The number of hydrogen-bond donors (Lipinski definition) is 0. The zero-order valence-electron chi connectivity index (χ0n) is 8.15. The van der Waals surface area contributed by atoms with E-state index in [9.17, 15) is 9.59 Å². The monoisotopic (exact) mass is 196 g/mol. The molecule has 4 nitrogen and oxygen atoms in total. The summed E-state index contributed by atoms with van der Waals surface area (Å²) in [7, 11) is 0. The summed E-state index contributed by atoms with van der Waals surface area (Å²) in [4.78, 5) is 22.0. The molecule has 0 N–H and O–H groups in total. The molecule has 76 valence electrons. The standard InChI is InChI=1S/C10H12O4/c1-7(8(2)11)10(12)14-6-9-4-3-5-13-9/h3-5,7H,6H2,1-2H3. The van der Waals surface area contributed by atoms with Crippen LogP contribution in [0.25, 0.3) is 0 Å². The molecule has 1 aromatic rings. The molecule has 0 saturated carbocycles. The lowest BCUT2D eigenvalue weighted by Crippen LogP contribution is -2.20. The summed E-state index contributed by atoms with van der Waals surface area (Å²) < 4.78 is 9.82. The molecule has 0 radical (unpaired) electrons. The lowest BCUT2D eigenvalue weighted by molar-refractivity contribution is -0.152. The molecule has 0 saturated heterocycles. The van der Waals surface area contributed by atoms with Crippen LogP contribution in [0.5, 0.6) is 0 Å². The number of Topliss-reactive ketones (excluding diaryl/α,β-unsaturated/α-hetero) is 1. The highest BCUT2D eigenvalue weighted by molar-refractivity contribution is 5.97. The second kappa shape index (κ2) is 4.60. The molecule has 0 aliphatic carbocycles. The molecule has 0 aliphatic rings. The van der Waals surface area contributed by atoms with E-state index in [1.54, 1.807) is 12.1 Å². The Morgan fingerprint density at radius 1 is 1.57 bits per heavy atom. The summed E-state index contributed by atoms with van der Waals surface area (Å²) in [6.45, 7) is 2.95. The molecule has 4 heteroatoms. The van der Waals surface area contributed by atoms with Crippen LogP contribution >= 0.6 is 0 Å². The van der Waals surface area contributed by atoms with Gasteiger partial charge in [0.05, 0.1) is 6.26 Å². The van der Waals surface area contributed by atoms with E-state index in [0.29, 0.717) is 5.76 Å². The maximum absolute atomic E-state index is 11.2. The van der Waals surface area contributed by atoms with Crippen molar-refractivity contribution in [2.45, 2.75) is 20.5 Å². The van der Waals surface area contributed by atoms with Gasteiger partial charge in [0.25, 0.3) is 0 Å². The number of furan rings is 1. The highest BCUT2D eigenvalue weighted by Crippen LogP contribution is 2.05. The number of ether oxygens (including phenoxy) is 1. The number of carbonyl (C=O) groups excluding carboxylic acids is 2. The number of hydrogen-bond acceptors (Lipinski definition) is 4. The van der Waals surface area contributed by atoms with E-state index in [-0.39, 0.29) is 12.4 Å². The van der Waals surface area contributed by atoms with Crippen LogP contribution in [-0.4, -0.2) is 11.8 Å². The molecule has 14 heavy (non-hydrogen) atoms. The normalized spacial score (nSPS) is 12.1. The summed E-state index contributed by atoms with van der Waals surface area (Å²) in [6, 6.07) is 3.41. The van der Waals surface area contributed by atoms with Crippen LogP contribution < -0.4 is 0 Å². The minimum Gasteiger partial charge on any atom is -0.466 e. The Morgan fingerprint density at radius 2 is 2.29 bits per heavy atom. The first-order valence-electron chi connectivity index (χ1n) is 4.30. The first-order chi connectivity index (χ1) is 6.61. The van der Waals surface area contributed by atoms with Crippen LogP contribution in [0.2, 0.25) is 0 Å².